The quantitative estimate of drug-likeness (QED) is 0.528. The molecule has 0 saturated carbocycles. The minimum atomic E-state index is -0.770. The number of carbonyl (C=O) groups is 2. The maximum atomic E-state index is 10.8. The third-order valence-electron chi connectivity index (χ3n) is 1.00. The molecule has 4 nitrogen and oxygen atoms in total. The Morgan fingerprint density at radius 3 is 2.00 bits per heavy atom. The van der Waals surface area contributed by atoms with Crippen LogP contribution >= 0.6 is 0 Å². The molecule has 0 aliphatic heterocycles. The maximum Gasteiger partial charge on any atom is 0.321 e. The van der Waals surface area contributed by atoms with Gasteiger partial charge in [0, 0.05) is 12.6 Å². The summed E-state index contributed by atoms with van der Waals surface area (Å²) in [7, 11) is 1.30. The summed E-state index contributed by atoms with van der Waals surface area (Å²) < 4.78 is 0. The van der Waals surface area contributed by atoms with E-state index in [0.29, 0.717) is 5.57 Å². The van der Waals surface area contributed by atoms with Gasteiger partial charge in [-0.25, -0.2) is 4.79 Å². The van der Waals surface area contributed by atoms with Gasteiger partial charge in [-0.3, -0.25) is 9.69 Å². The minimum absolute atomic E-state index is 0.293. The third kappa shape index (κ3) is 1.89. The van der Waals surface area contributed by atoms with Gasteiger partial charge >= 0.3 is 6.03 Å². The van der Waals surface area contributed by atoms with E-state index < -0.39 is 11.9 Å². The van der Waals surface area contributed by atoms with Crippen LogP contribution in [0.5, 0.6) is 0 Å². The lowest BCUT2D eigenvalue weighted by Gasteiger charge is -2.10. The van der Waals surface area contributed by atoms with Crippen LogP contribution < -0.4 is 5.73 Å². The van der Waals surface area contributed by atoms with Crippen molar-refractivity contribution >= 4 is 11.9 Å². The van der Waals surface area contributed by atoms with Gasteiger partial charge in [-0.05, 0) is 6.92 Å². The number of hydrogen-bond acceptors (Lipinski definition) is 2. The van der Waals surface area contributed by atoms with Gasteiger partial charge in [-0.1, -0.05) is 6.58 Å². The Labute approximate surface area is 59.3 Å². The molecule has 56 valence electrons. The van der Waals surface area contributed by atoms with Gasteiger partial charge in [0.15, 0.2) is 0 Å². The molecular weight excluding hydrogens is 132 g/mol. The van der Waals surface area contributed by atoms with Crippen LogP contribution in [0.3, 0.4) is 0 Å². The zero-order chi connectivity index (χ0) is 8.31. The highest BCUT2D eigenvalue weighted by molar-refractivity contribution is 6.02. The summed E-state index contributed by atoms with van der Waals surface area (Å²) in [4.78, 5) is 21.9. The average molecular weight is 142 g/mol. The Hall–Kier alpha value is -1.32. The number of nitrogens with zero attached hydrogens (tertiary/aromatic N) is 1. The summed E-state index contributed by atoms with van der Waals surface area (Å²) in [5.74, 6) is -0.451. The highest BCUT2D eigenvalue weighted by Gasteiger charge is 2.12. The summed E-state index contributed by atoms with van der Waals surface area (Å²) in [6.45, 7) is 4.88. The highest BCUT2D eigenvalue weighted by Crippen LogP contribution is 1.93. The fraction of sp³-hybridized carbons (Fsp3) is 0.333. The molecule has 0 spiro atoms. The molecule has 0 heterocycles. The summed E-state index contributed by atoms with van der Waals surface area (Å²) in [6, 6.07) is -0.770. The predicted molar refractivity (Wildman–Crippen MR) is 37.2 cm³/mol. The fourth-order valence-electron chi connectivity index (χ4n) is 0.386. The summed E-state index contributed by atoms with van der Waals surface area (Å²) >= 11 is 0. The normalized spacial score (nSPS) is 8.60. The van der Waals surface area contributed by atoms with Crippen LogP contribution in [0.15, 0.2) is 12.2 Å². The molecule has 0 bridgehead atoms. The summed E-state index contributed by atoms with van der Waals surface area (Å²) in [5, 5.41) is 0. The number of carbonyl (C=O) groups excluding carboxylic acids is 2. The molecule has 0 aliphatic rings. The lowest BCUT2D eigenvalue weighted by atomic mass is 10.3. The van der Waals surface area contributed by atoms with E-state index in [4.69, 9.17) is 5.73 Å². The van der Waals surface area contributed by atoms with Crippen molar-refractivity contribution in [2.45, 2.75) is 6.92 Å². The number of amides is 3. The number of rotatable bonds is 1. The molecule has 0 radical (unpaired) electrons. The Kier molecular flexibility index (Phi) is 2.61. The molecule has 0 unspecified atom stereocenters. The number of primary amides is 1. The largest absolute Gasteiger partial charge is 0.351 e. The zero-order valence-corrected chi connectivity index (χ0v) is 6.05. The van der Waals surface area contributed by atoms with E-state index >= 15 is 0 Å². The lowest BCUT2D eigenvalue weighted by molar-refractivity contribution is -0.123. The van der Waals surface area contributed by atoms with E-state index in [-0.39, 0.29) is 0 Å². The van der Waals surface area contributed by atoms with Crippen LogP contribution in [0.1, 0.15) is 6.92 Å². The monoisotopic (exact) mass is 142 g/mol. The van der Waals surface area contributed by atoms with Crippen molar-refractivity contribution in [3.05, 3.63) is 12.2 Å². The van der Waals surface area contributed by atoms with E-state index in [1.54, 1.807) is 0 Å². The van der Waals surface area contributed by atoms with Crippen molar-refractivity contribution in [3.8, 4) is 0 Å². The Morgan fingerprint density at radius 1 is 1.50 bits per heavy atom. The van der Waals surface area contributed by atoms with Gasteiger partial charge in [0.2, 0.25) is 0 Å². The molecule has 0 aromatic heterocycles. The fourth-order valence-corrected chi connectivity index (χ4v) is 0.386. The molecule has 0 aromatic rings. The maximum absolute atomic E-state index is 10.8. The smallest absolute Gasteiger partial charge is 0.321 e. The first-order chi connectivity index (χ1) is 4.46. The third-order valence-corrected chi connectivity index (χ3v) is 1.00. The second-order valence-corrected chi connectivity index (χ2v) is 1.98. The summed E-state index contributed by atoms with van der Waals surface area (Å²) in [6.07, 6.45) is 0. The van der Waals surface area contributed by atoms with Crippen LogP contribution in [-0.4, -0.2) is 23.9 Å². The van der Waals surface area contributed by atoms with E-state index in [0.717, 1.165) is 4.90 Å². The molecule has 4 heteroatoms. The van der Waals surface area contributed by atoms with Gasteiger partial charge in [0.1, 0.15) is 0 Å². The van der Waals surface area contributed by atoms with E-state index in [1.807, 2.05) is 0 Å². The van der Waals surface area contributed by atoms with Crippen LogP contribution in [0.2, 0.25) is 0 Å². The second kappa shape index (κ2) is 3.00. The first-order valence-corrected chi connectivity index (χ1v) is 2.69. The molecule has 0 aliphatic carbocycles. The van der Waals surface area contributed by atoms with Gasteiger partial charge in [-0.2, -0.15) is 0 Å². The molecular formula is C6H10N2O2. The zero-order valence-electron chi connectivity index (χ0n) is 6.05. The van der Waals surface area contributed by atoms with Crippen molar-refractivity contribution in [1.82, 2.24) is 4.90 Å². The number of urea groups is 1. The molecule has 0 saturated heterocycles. The highest BCUT2D eigenvalue weighted by atomic mass is 16.2. The van der Waals surface area contributed by atoms with E-state index in [2.05, 4.69) is 6.58 Å². The van der Waals surface area contributed by atoms with Crippen molar-refractivity contribution in [3.63, 3.8) is 0 Å². The summed E-state index contributed by atoms with van der Waals surface area (Å²) in [5.41, 5.74) is 5.09. The van der Waals surface area contributed by atoms with Crippen molar-refractivity contribution in [1.29, 1.82) is 0 Å². The van der Waals surface area contributed by atoms with Gasteiger partial charge in [0.05, 0.1) is 0 Å². The van der Waals surface area contributed by atoms with Gasteiger partial charge in [-0.15, -0.1) is 0 Å². The number of likely N-dealkylation sites (N-methyl/N-ethyl adjacent to an activating group) is 1. The van der Waals surface area contributed by atoms with Crippen LogP contribution in [-0.2, 0) is 4.79 Å². The Balaban J connectivity index is 4.22. The first-order valence-electron chi connectivity index (χ1n) is 2.69. The van der Waals surface area contributed by atoms with Crippen molar-refractivity contribution in [2.75, 3.05) is 7.05 Å². The standard InChI is InChI=1S/C6H10N2O2/c1-4(2)5(9)8(3)6(7)10/h1H2,2-3H3,(H2,7,10). The Morgan fingerprint density at radius 2 is 1.90 bits per heavy atom. The second-order valence-electron chi connectivity index (χ2n) is 1.98. The molecule has 3 amide bonds. The van der Waals surface area contributed by atoms with Gasteiger partial charge in [0.25, 0.3) is 5.91 Å². The first kappa shape index (κ1) is 8.68. The Bertz CT molecular complexity index is 186. The molecule has 0 aromatic carbocycles. The molecule has 10 heavy (non-hydrogen) atoms. The van der Waals surface area contributed by atoms with Crippen molar-refractivity contribution < 1.29 is 9.59 Å². The number of nitrogens with two attached hydrogens (primary N) is 1. The van der Waals surface area contributed by atoms with E-state index in [1.165, 1.54) is 14.0 Å². The number of imide groups is 1. The topological polar surface area (TPSA) is 63.4 Å². The lowest BCUT2D eigenvalue weighted by Crippen LogP contribution is -2.37. The minimum Gasteiger partial charge on any atom is -0.351 e. The van der Waals surface area contributed by atoms with E-state index in [9.17, 15) is 9.59 Å². The van der Waals surface area contributed by atoms with Crippen LogP contribution in [0.25, 0.3) is 0 Å². The molecule has 0 fully saturated rings. The van der Waals surface area contributed by atoms with Crippen LogP contribution in [0, 0.1) is 0 Å². The van der Waals surface area contributed by atoms with Crippen molar-refractivity contribution in [2.24, 2.45) is 5.73 Å². The number of hydrogen-bond donors (Lipinski definition) is 1. The molecule has 2 N–H and O–H groups in total. The molecule has 0 rings (SSSR count). The SMILES string of the molecule is C=C(C)C(=O)N(C)C(N)=O. The molecule has 0 atom stereocenters. The van der Waals surface area contributed by atoms with Crippen LogP contribution in [0.4, 0.5) is 4.79 Å². The predicted octanol–water partition coefficient (Wildman–Crippen LogP) is 0.0996. The average Bonchev–Trinajstić information content (AvgIpc) is 1.84. The van der Waals surface area contributed by atoms with Gasteiger partial charge < -0.3 is 5.73 Å².